The van der Waals surface area contributed by atoms with Gasteiger partial charge in [0.1, 0.15) is 0 Å². The number of para-hydroxylation sites is 1. The molecule has 180 valence electrons. The van der Waals surface area contributed by atoms with Crippen molar-refractivity contribution in [3.05, 3.63) is 145 Å². The Balaban J connectivity index is 1.49. The molecule has 0 N–H and O–H groups in total. The molecule has 0 radical (unpaired) electrons. The van der Waals surface area contributed by atoms with E-state index in [4.69, 9.17) is 0 Å². The minimum atomic E-state index is 1.17. The normalized spacial score (nSPS) is 11.8. The second-order valence-corrected chi connectivity index (χ2v) is 9.85. The summed E-state index contributed by atoms with van der Waals surface area (Å²) < 4.78 is 2.35. The summed E-state index contributed by atoms with van der Waals surface area (Å²) in [5.74, 6) is 0. The van der Waals surface area contributed by atoms with Crippen LogP contribution in [-0.2, 0) is 0 Å². The first kappa shape index (κ1) is 22.3. The molecule has 7 rings (SSSR count). The van der Waals surface area contributed by atoms with Crippen LogP contribution in [0.2, 0.25) is 0 Å². The molecule has 0 unspecified atom stereocenters. The van der Waals surface area contributed by atoms with Gasteiger partial charge in [-0.05, 0) is 80.7 Å². The summed E-state index contributed by atoms with van der Waals surface area (Å²) in [4.78, 5) is 0. The fourth-order valence-corrected chi connectivity index (χ4v) is 5.99. The Bertz CT molecular complexity index is 2000. The third-order valence-corrected chi connectivity index (χ3v) is 7.74. The Kier molecular flexibility index (Phi) is 5.23. The first-order valence-corrected chi connectivity index (χ1v) is 13.1. The fraction of sp³-hybridized carbons (Fsp3) is 0.0270. The zero-order chi connectivity index (χ0) is 25.6. The predicted molar refractivity (Wildman–Crippen MR) is 165 cm³/mol. The number of nitrogens with zero attached hydrogens (tertiary/aromatic N) is 1. The molecule has 0 atom stereocenters. The molecule has 6 aromatic carbocycles. The maximum Gasteiger partial charge on any atom is 0.0538 e. The number of rotatable bonds is 4. The molecule has 0 spiro atoms. The zero-order valence-corrected chi connectivity index (χ0v) is 21.4. The van der Waals surface area contributed by atoms with Gasteiger partial charge in [0.15, 0.2) is 0 Å². The van der Waals surface area contributed by atoms with Gasteiger partial charge in [0.2, 0.25) is 0 Å². The Morgan fingerprint density at radius 1 is 0.553 bits per heavy atom. The Morgan fingerprint density at radius 2 is 1.08 bits per heavy atom. The van der Waals surface area contributed by atoms with Crippen LogP contribution in [0.3, 0.4) is 0 Å². The lowest BCUT2D eigenvalue weighted by atomic mass is 9.92. The highest BCUT2D eigenvalue weighted by molar-refractivity contribution is 6.25. The summed E-state index contributed by atoms with van der Waals surface area (Å²) in [6.45, 7) is 6.09. The van der Waals surface area contributed by atoms with Gasteiger partial charge in [-0.1, -0.05) is 110 Å². The maximum atomic E-state index is 3.90. The van der Waals surface area contributed by atoms with Crippen LogP contribution < -0.4 is 0 Å². The van der Waals surface area contributed by atoms with E-state index < -0.39 is 0 Å². The van der Waals surface area contributed by atoms with Gasteiger partial charge in [0.25, 0.3) is 0 Å². The van der Waals surface area contributed by atoms with Crippen molar-refractivity contribution >= 4 is 49.3 Å². The maximum absolute atomic E-state index is 3.90. The van der Waals surface area contributed by atoms with Crippen molar-refractivity contribution in [2.75, 3.05) is 0 Å². The number of benzene rings is 6. The largest absolute Gasteiger partial charge is 0.313 e. The molecule has 1 aromatic heterocycles. The molecule has 0 aliphatic rings. The molecule has 38 heavy (non-hydrogen) atoms. The number of hydrogen-bond acceptors (Lipinski definition) is 0. The van der Waals surface area contributed by atoms with E-state index in [1.165, 1.54) is 71.3 Å². The standard InChI is InChI=1S/C37H27N/c1-3-4-14-29-25(2)38(28-12-6-5-7-13-28)37-22-20-27(24-36(29)37)26-19-21-34-32-17-9-8-15-30(32)31-16-10-11-18-33(31)35(34)23-26/h3-24H,1H2,2H3/b14-4-. The van der Waals surface area contributed by atoms with E-state index in [0.717, 1.165) is 0 Å². The molecule has 1 heterocycles. The summed E-state index contributed by atoms with van der Waals surface area (Å²) in [7, 11) is 0. The second kappa shape index (κ2) is 8.90. The van der Waals surface area contributed by atoms with Gasteiger partial charge < -0.3 is 4.57 Å². The lowest BCUT2D eigenvalue weighted by Gasteiger charge is -2.12. The third-order valence-electron chi connectivity index (χ3n) is 7.74. The van der Waals surface area contributed by atoms with E-state index in [1.54, 1.807) is 0 Å². The van der Waals surface area contributed by atoms with E-state index in [9.17, 15) is 0 Å². The van der Waals surface area contributed by atoms with Crippen LogP contribution in [0.1, 0.15) is 11.3 Å². The summed E-state index contributed by atoms with van der Waals surface area (Å²) in [6, 6.07) is 41.9. The van der Waals surface area contributed by atoms with Crippen LogP contribution in [0.5, 0.6) is 0 Å². The van der Waals surface area contributed by atoms with Crippen molar-refractivity contribution < 1.29 is 0 Å². The van der Waals surface area contributed by atoms with E-state index in [0.29, 0.717) is 0 Å². The molecule has 0 bridgehead atoms. The quantitative estimate of drug-likeness (QED) is 0.173. The van der Waals surface area contributed by atoms with Gasteiger partial charge in [0, 0.05) is 22.3 Å². The van der Waals surface area contributed by atoms with Crippen molar-refractivity contribution in [3.63, 3.8) is 0 Å². The smallest absolute Gasteiger partial charge is 0.0538 e. The van der Waals surface area contributed by atoms with E-state index in [1.807, 2.05) is 12.2 Å². The molecular formula is C37H27N. The van der Waals surface area contributed by atoms with Crippen LogP contribution in [-0.4, -0.2) is 4.57 Å². The molecule has 7 aromatic rings. The lowest BCUT2D eigenvalue weighted by molar-refractivity contribution is 1.05. The third kappa shape index (κ3) is 3.40. The molecule has 0 saturated carbocycles. The highest BCUT2D eigenvalue weighted by Gasteiger charge is 2.15. The SMILES string of the molecule is C=C/C=C\c1c(C)n(-c2ccccc2)c2ccc(-c3ccc4c5ccccc5c5ccccc5c4c3)cc12. The van der Waals surface area contributed by atoms with Crippen LogP contribution >= 0.6 is 0 Å². The zero-order valence-electron chi connectivity index (χ0n) is 21.4. The molecule has 0 fully saturated rings. The van der Waals surface area contributed by atoms with Gasteiger partial charge >= 0.3 is 0 Å². The molecule has 0 saturated heterocycles. The van der Waals surface area contributed by atoms with Crippen molar-refractivity contribution in [1.29, 1.82) is 0 Å². The van der Waals surface area contributed by atoms with Gasteiger partial charge in [-0.15, -0.1) is 0 Å². The summed E-state index contributed by atoms with van der Waals surface area (Å²) in [6.07, 6.45) is 6.04. The lowest BCUT2D eigenvalue weighted by Crippen LogP contribution is -1.96. The number of fused-ring (bicyclic) bond motifs is 7. The first-order valence-electron chi connectivity index (χ1n) is 13.1. The van der Waals surface area contributed by atoms with Crippen LogP contribution in [0.25, 0.3) is 66.1 Å². The molecule has 0 aliphatic heterocycles. The van der Waals surface area contributed by atoms with Crippen LogP contribution in [0.4, 0.5) is 0 Å². The molecule has 0 aliphatic carbocycles. The van der Waals surface area contributed by atoms with Crippen LogP contribution in [0.15, 0.2) is 134 Å². The van der Waals surface area contributed by atoms with Gasteiger partial charge in [-0.25, -0.2) is 0 Å². The van der Waals surface area contributed by atoms with E-state index >= 15 is 0 Å². The summed E-state index contributed by atoms with van der Waals surface area (Å²) in [5.41, 5.74) is 7.27. The van der Waals surface area contributed by atoms with Gasteiger partial charge in [0.05, 0.1) is 5.52 Å². The van der Waals surface area contributed by atoms with Crippen LogP contribution in [0, 0.1) is 6.92 Å². The van der Waals surface area contributed by atoms with E-state index in [2.05, 4.69) is 139 Å². The topological polar surface area (TPSA) is 4.93 Å². The minimum absolute atomic E-state index is 1.17. The minimum Gasteiger partial charge on any atom is -0.313 e. The van der Waals surface area contributed by atoms with Crippen molar-refractivity contribution in [2.24, 2.45) is 0 Å². The fourth-order valence-electron chi connectivity index (χ4n) is 5.99. The van der Waals surface area contributed by atoms with Gasteiger partial charge in [-0.3, -0.25) is 0 Å². The predicted octanol–water partition coefficient (Wildman–Crippen LogP) is 10.3. The average Bonchev–Trinajstić information content (AvgIpc) is 3.26. The van der Waals surface area contributed by atoms with E-state index in [-0.39, 0.29) is 0 Å². The monoisotopic (exact) mass is 485 g/mol. The average molecular weight is 486 g/mol. The molecular weight excluding hydrogens is 458 g/mol. The summed E-state index contributed by atoms with van der Waals surface area (Å²) in [5, 5.41) is 9.04. The molecule has 1 heteroatoms. The Hall–Kier alpha value is -4.88. The number of hydrogen-bond donors (Lipinski definition) is 0. The second-order valence-electron chi connectivity index (χ2n) is 9.85. The Morgan fingerprint density at radius 3 is 1.71 bits per heavy atom. The van der Waals surface area contributed by atoms with Crippen molar-refractivity contribution in [3.8, 4) is 16.8 Å². The molecule has 0 amide bonds. The summed E-state index contributed by atoms with van der Waals surface area (Å²) >= 11 is 0. The first-order chi connectivity index (χ1) is 18.7. The highest BCUT2D eigenvalue weighted by atomic mass is 15.0. The van der Waals surface area contributed by atoms with Crippen molar-refractivity contribution in [1.82, 2.24) is 4.57 Å². The Labute approximate surface area is 222 Å². The van der Waals surface area contributed by atoms with Gasteiger partial charge in [-0.2, -0.15) is 0 Å². The van der Waals surface area contributed by atoms with Crippen molar-refractivity contribution in [2.45, 2.75) is 6.92 Å². The molecule has 1 nitrogen and oxygen atoms in total. The number of allylic oxidation sites excluding steroid dienone is 2. The highest BCUT2D eigenvalue weighted by Crippen LogP contribution is 2.38. The number of aromatic nitrogens is 1.